The first-order valence-corrected chi connectivity index (χ1v) is 5.80. The zero-order valence-electron chi connectivity index (χ0n) is 10.3. The Morgan fingerprint density at radius 3 is 3.22 bits per heavy atom. The maximum Gasteiger partial charge on any atom is 0.432 e. The van der Waals surface area contributed by atoms with Gasteiger partial charge in [0.1, 0.15) is 5.41 Å². The van der Waals surface area contributed by atoms with E-state index in [2.05, 4.69) is 22.1 Å². The van der Waals surface area contributed by atoms with Gasteiger partial charge in [0.05, 0.1) is 12.3 Å². The van der Waals surface area contributed by atoms with E-state index in [1.807, 2.05) is 0 Å². The van der Waals surface area contributed by atoms with Crippen LogP contribution in [0.15, 0.2) is 10.1 Å². The molecule has 0 aromatic rings. The van der Waals surface area contributed by atoms with Gasteiger partial charge in [-0.1, -0.05) is 0 Å². The fourth-order valence-electron chi connectivity index (χ4n) is 2.43. The number of nitrogens with one attached hydrogen (secondary N) is 1. The zero-order chi connectivity index (χ0) is 13.2. The van der Waals surface area contributed by atoms with Gasteiger partial charge >= 0.3 is 6.09 Å². The fourth-order valence-corrected chi connectivity index (χ4v) is 2.43. The molecule has 0 radical (unpaired) electrons. The quantitative estimate of drug-likeness (QED) is 0.718. The minimum atomic E-state index is -0.715. The molecule has 0 saturated carbocycles. The summed E-state index contributed by atoms with van der Waals surface area (Å²) < 4.78 is 4.86. The molecule has 2 aliphatic heterocycles. The van der Waals surface area contributed by atoms with Gasteiger partial charge in [0.25, 0.3) is 5.91 Å². The number of carbonyl (C=O) groups is 2. The van der Waals surface area contributed by atoms with Crippen molar-refractivity contribution in [2.75, 3.05) is 26.7 Å². The van der Waals surface area contributed by atoms with Crippen molar-refractivity contribution >= 4 is 24.4 Å². The van der Waals surface area contributed by atoms with Gasteiger partial charge in [-0.3, -0.25) is 4.79 Å². The third-order valence-electron chi connectivity index (χ3n) is 3.38. The smallest absolute Gasteiger partial charge is 0.432 e. The summed E-state index contributed by atoms with van der Waals surface area (Å²) in [5.41, 5.74) is 0.213. The lowest BCUT2D eigenvalue weighted by Crippen LogP contribution is -2.51. The Labute approximate surface area is 105 Å². The molecule has 0 aliphatic carbocycles. The third kappa shape index (κ3) is 2.01. The lowest BCUT2D eigenvalue weighted by atomic mass is 9.76. The Balaban J connectivity index is 2.06. The van der Waals surface area contributed by atoms with Gasteiger partial charge in [-0.15, -0.1) is 0 Å². The Morgan fingerprint density at radius 2 is 2.50 bits per heavy atom. The normalized spacial score (nSPS) is 26.6. The van der Waals surface area contributed by atoms with E-state index in [0.717, 1.165) is 18.7 Å². The molecule has 1 N–H and O–H groups in total. The molecule has 2 heterocycles. The lowest BCUT2D eigenvalue weighted by molar-refractivity contribution is -0.135. The summed E-state index contributed by atoms with van der Waals surface area (Å²) in [6, 6.07) is 0. The van der Waals surface area contributed by atoms with Crippen LogP contribution in [0, 0.1) is 5.41 Å². The number of nitrogens with zero attached hydrogens (tertiary/aromatic N) is 3. The molecule has 98 valence electrons. The van der Waals surface area contributed by atoms with Gasteiger partial charge in [-0.25, -0.2) is 9.80 Å². The van der Waals surface area contributed by atoms with Crippen molar-refractivity contribution < 1.29 is 14.3 Å². The maximum absolute atomic E-state index is 12.2. The molecule has 1 saturated heterocycles. The van der Waals surface area contributed by atoms with Gasteiger partial charge in [0.2, 0.25) is 0 Å². The Morgan fingerprint density at radius 1 is 1.72 bits per heavy atom. The fraction of sp³-hybridized carbons (Fsp3) is 0.636. The highest BCUT2D eigenvalue weighted by Gasteiger charge is 2.50. The molecule has 0 bridgehead atoms. The predicted octanol–water partition coefficient (Wildman–Crippen LogP) is 0.0214. The average molecular weight is 252 g/mol. The minimum Gasteiger partial charge on any atom is -0.448 e. The summed E-state index contributed by atoms with van der Waals surface area (Å²) in [5, 5.41) is 8.83. The second kappa shape index (κ2) is 4.85. The van der Waals surface area contributed by atoms with E-state index in [1.54, 1.807) is 7.05 Å². The number of ether oxygens (including phenoxy) is 1. The highest BCUT2D eigenvalue weighted by atomic mass is 16.5. The van der Waals surface area contributed by atoms with Gasteiger partial charge in [0.15, 0.2) is 0 Å². The van der Waals surface area contributed by atoms with E-state index in [1.165, 1.54) is 5.01 Å². The Hall–Kier alpha value is -1.76. The summed E-state index contributed by atoms with van der Waals surface area (Å²) in [7, 11) is 1.65. The number of hydrogen-bond donors (Lipinski definition) is 1. The van der Waals surface area contributed by atoms with E-state index in [4.69, 9.17) is 4.74 Å². The van der Waals surface area contributed by atoms with Crippen LogP contribution in [-0.4, -0.2) is 56.2 Å². The summed E-state index contributed by atoms with van der Waals surface area (Å²) in [5.74, 6) is -0.0488. The van der Waals surface area contributed by atoms with E-state index < -0.39 is 11.5 Å². The number of amides is 2. The van der Waals surface area contributed by atoms with Crippen molar-refractivity contribution in [2.45, 2.75) is 12.8 Å². The largest absolute Gasteiger partial charge is 0.448 e. The van der Waals surface area contributed by atoms with E-state index in [9.17, 15) is 9.59 Å². The van der Waals surface area contributed by atoms with Crippen LogP contribution in [0.5, 0.6) is 0 Å². The van der Waals surface area contributed by atoms with Crippen LogP contribution in [0.1, 0.15) is 12.8 Å². The Bertz CT molecular complexity index is 421. The van der Waals surface area contributed by atoms with Crippen LogP contribution >= 0.6 is 0 Å². The SMILES string of the molecule is C=NC(=O)OCCC12CNCCC1=NN(C)C2=O. The van der Waals surface area contributed by atoms with Crippen molar-refractivity contribution in [1.82, 2.24) is 10.3 Å². The second-order valence-electron chi connectivity index (χ2n) is 4.41. The first-order valence-electron chi connectivity index (χ1n) is 5.80. The lowest BCUT2D eigenvalue weighted by Gasteiger charge is -2.32. The summed E-state index contributed by atoms with van der Waals surface area (Å²) in [6.45, 7) is 4.57. The standard InChI is InChI=1S/C11H16N4O3/c1-12-10(17)18-6-4-11-7-13-5-3-8(11)14-15(2)9(11)16/h13H,1,3-7H2,2H3. The molecule has 1 fully saturated rings. The maximum atomic E-state index is 12.2. The molecular formula is C11H16N4O3. The summed E-state index contributed by atoms with van der Waals surface area (Å²) >= 11 is 0. The van der Waals surface area contributed by atoms with Crippen molar-refractivity contribution in [3.05, 3.63) is 0 Å². The first kappa shape index (κ1) is 12.7. The van der Waals surface area contributed by atoms with Crippen LogP contribution in [0.25, 0.3) is 0 Å². The number of rotatable bonds is 3. The molecule has 7 heteroatoms. The topological polar surface area (TPSA) is 83.4 Å². The molecule has 0 spiro atoms. The minimum absolute atomic E-state index is 0.0488. The molecule has 1 atom stereocenters. The van der Waals surface area contributed by atoms with Gasteiger partial charge < -0.3 is 10.1 Å². The highest BCUT2D eigenvalue weighted by molar-refractivity contribution is 6.12. The molecule has 2 amide bonds. The van der Waals surface area contributed by atoms with E-state index in [-0.39, 0.29) is 12.5 Å². The third-order valence-corrected chi connectivity index (χ3v) is 3.38. The van der Waals surface area contributed by atoms with Crippen LogP contribution in [0.4, 0.5) is 4.79 Å². The number of hydrogen-bond acceptors (Lipinski definition) is 5. The molecule has 0 aromatic heterocycles. The van der Waals surface area contributed by atoms with Crippen molar-refractivity contribution in [3.63, 3.8) is 0 Å². The monoisotopic (exact) mass is 252 g/mol. The first-order chi connectivity index (χ1) is 8.60. The van der Waals surface area contributed by atoms with Crippen molar-refractivity contribution in [2.24, 2.45) is 15.5 Å². The molecule has 2 rings (SSSR count). The molecule has 2 aliphatic rings. The van der Waals surface area contributed by atoms with Crippen LogP contribution < -0.4 is 5.32 Å². The number of carbonyl (C=O) groups excluding carboxylic acids is 2. The van der Waals surface area contributed by atoms with Crippen LogP contribution in [0.2, 0.25) is 0 Å². The number of fused-ring (bicyclic) bond motifs is 1. The molecule has 7 nitrogen and oxygen atoms in total. The predicted molar refractivity (Wildman–Crippen MR) is 65.6 cm³/mol. The molecule has 0 aromatic carbocycles. The number of piperidine rings is 1. The van der Waals surface area contributed by atoms with Crippen LogP contribution in [0.3, 0.4) is 0 Å². The van der Waals surface area contributed by atoms with Gasteiger partial charge in [-0.2, -0.15) is 10.1 Å². The second-order valence-corrected chi connectivity index (χ2v) is 4.41. The van der Waals surface area contributed by atoms with Gasteiger partial charge in [0, 0.05) is 33.0 Å². The van der Waals surface area contributed by atoms with E-state index >= 15 is 0 Å². The Kier molecular flexibility index (Phi) is 3.42. The molecule has 18 heavy (non-hydrogen) atoms. The summed E-state index contributed by atoms with van der Waals surface area (Å²) in [4.78, 5) is 26.2. The van der Waals surface area contributed by atoms with Gasteiger partial charge in [-0.05, 0) is 6.72 Å². The van der Waals surface area contributed by atoms with Crippen molar-refractivity contribution in [3.8, 4) is 0 Å². The van der Waals surface area contributed by atoms with Crippen LogP contribution in [-0.2, 0) is 9.53 Å². The molecular weight excluding hydrogens is 236 g/mol. The van der Waals surface area contributed by atoms with Crippen molar-refractivity contribution in [1.29, 1.82) is 0 Å². The zero-order valence-corrected chi connectivity index (χ0v) is 10.3. The van der Waals surface area contributed by atoms with E-state index in [0.29, 0.717) is 13.0 Å². The average Bonchev–Trinajstić information content (AvgIpc) is 2.63. The summed E-state index contributed by atoms with van der Waals surface area (Å²) in [6.07, 6.45) is 0.444. The number of aliphatic imine (C=N–C) groups is 1. The highest BCUT2D eigenvalue weighted by Crippen LogP contribution is 2.35. The molecule has 1 unspecified atom stereocenters. The number of hydrazone groups is 1.